The molecule has 0 atom stereocenters. The van der Waals surface area contributed by atoms with E-state index >= 15 is 0 Å². The summed E-state index contributed by atoms with van der Waals surface area (Å²) in [5.41, 5.74) is 1.08. The molecule has 1 N–H and O–H groups in total. The lowest BCUT2D eigenvalue weighted by molar-refractivity contribution is 0.709. The van der Waals surface area contributed by atoms with Gasteiger partial charge in [-0.25, -0.2) is 14.6 Å². The fourth-order valence-electron chi connectivity index (χ4n) is 1.39. The number of pyridine rings is 1. The summed E-state index contributed by atoms with van der Waals surface area (Å²) in [7, 11) is 0. The molecule has 0 unspecified atom stereocenters. The van der Waals surface area contributed by atoms with E-state index in [9.17, 15) is 0 Å². The van der Waals surface area contributed by atoms with Gasteiger partial charge in [0.05, 0.1) is 0 Å². The fourth-order valence-corrected chi connectivity index (χ4v) is 1.77. The molecule has 5 nitrogen and oxygen atoms in total. The van der Waals surface area contributed by atoms with Gasteiger partial charge in [-0.1, -0.05) is 6.92 Å². The first-order valence-corrected chi connectivity index (χ1v) is 5.80. The Morgan fingerprint density at radius 1 is 1.50 bits per heavy atom. The van der Waals surface area contributed by atoms with E-state index in [-0.39, 0.29) is 0 Å². The molecule has 2 aromatic heterocycles. The van der Waals surface area contributed by atoms with Crippen molar-refractivity contribution in [3.05, 3.63) is 35.0 Å². The molecule has 0 aliphatic carbocycles. The number of aromatic nitrogens is 4. The first-order chi connectivity index (χ1) is 7.81. The highest BCUT2D eigenvalue weighted by molar-refractivity contribution is 9.10. The van der Waals surface area contributed by atoms with Crippen molar-refractivity contribution in [3.8, 4) is 5.82 Å². The van der Waals surface area contributed by atoms with E-state index < -0.39 is 0 Å². The van der Waals surface area contributed by atoms with Crippen molar-refractivity contribution in [1.29, 1.82) is 0 Å². The van der Waals surface area contributed by atoms with Gasteiger partial charge in [0.2, 0.25) is 0 Å². The normalized spacial score (nSPS) is 10.6. The van der Waals surface area contributed by atoms with Crippen molar-refractivity contribution in [2.45, 2.75) is 13.5 Å². The molecule has 0 spiro atoms. The maximum Gasteiger partial charge on any atom is 0.159 e. The Hall–Kier alpha value is -1.27. The summed E-state index contributed by atoms with van der Waals surface area (Å²) >= 11 is 3.42. The molecule has 16 heavy (non-hydrogen) atoms. The standard InChI is InChI=1S/C10H12BrN5/c1-2-12-4-8-3-9(11)5-14-10(8)16-7-13-6-15-16/h3,5-7,12H,2,4H2,1H3. The predicted molar refractivity (Wildman–Crippen MR) is 64.2 cm³/mol. The van der Waals surface area contributed by atoms with Crippen LogP contribution in [-0.2, 0) is 6.54 Å². The summed E-state index contributed by atoms with van der Waals surface area (Å²) in [4.78, 5) is 8.27. The van der Waals surface area contributed by atoms with Gasteiger partial charge in [-0.2, -0.15) is 5.10 Å². The number of hydrogen-bond acceptors (Lipinski definition) is 4. The van der Waals surface area contributed by atoms with Crippen LogP contribution < -0.4 is 5.32 Å². The second-order valence-corrected chi connectivity index (χ2v) is 4.17. The number of hydrogen-bond donors (Lipinski definition) is 1. The summed E-state index contributed by atoms with van der Waals surface area (Å²) in [6, 6.07) is 2.03. The van der Waals surface area contributed by atoms with Gasteiger partial charge in [0.25, 0.3) is 0 Å². The van der Waals surface area contributed by atoms with Crippen LogP contribution in [0.4, 0.5) is 0 Å². The highest BCUT2D eigenvalue weighted by Gasteiger charge is 2.07. The maximum absolute atomic E-state index is 4.35. The van der Waals surface area contributed by atoms with Gasteiger partial charge < -0.3 is 5.32 Å². The van der Waals surface area contributed by atoms with Crippen LogP contribution in [-0.4, -0.2) is 26.3 Å². The molecule has 0 amide bonds. The van der Waals surface area contributed by atoms with Crippen molar-refractivity contribution in [2.24, 2.45) is 0 Å². The third-order valence-electron chi connectivity index (χ3n) is 2.11. The largest absolute Gasteiger partial charge is 0.313 e. The average Bonchev–Trinajstić information content (AvgIpc) is 2.80. The summed E-state index contributed by atoms with van der Waals surface area (Å²) in [5.74, 6) is 0.807. The van der Waals surface area contributed by atoms with Crippen molar-refractivity contribution in [1.82, 2.24) is 25.1 Å². The SMILES string of the molecule is CCNCc1cc(Br)cnc1-n1cncn1. The minimum absolute atomic E-state index is 0.762. The first kappa shape index (κ1) is 11.2. The molecule has 2 rings (SSSR count). The highest BCUT2D eigenvalue weighted by Crippen LogP contribution is 2.16. The Balaban J connectivity index is 2.36. The van der Waals surface area contributed by atoms with Crippen molar-refractivity contribution in [2.75, 3.05) is 6.54 Å². The van der Waals surface area contributed by atoms with Gasteiger partial charge in [-0.05, 0) is 28.5 Å². The van der Waals surface area contributed by atoms with Crippen LogP contribution in [0.5, 0.6) is 0 Å². The van der Waals surface area contributed by atoms with E-state index in [4.69, 9.17) is 0 Å². The van der Waals surface area contributed by atoms with Crippen LogP contribution in [0.15, 0.2) is 29.4 Å². The second-order valence-electron chi connectivity index (χ2n) is 3.26. The predicted octanol–water partition coefficient (Wildman–Crippen LogP) is 1.53. The summed E-state index contributed by atoms with van der Waals surface area (Å²) < 4.78 is 2.63. The zero-order valence-corrected chi connectivity index (χ0v) is 10.5. The molecular weight excluding hydrogens is 270 g/mol. The molecule has 0 fully saturated rings. The molecule has 0 aliphatic rings. The van der Waals surface area contributed by atoms with E-state index in [0.717, 1.165) is 28.9 Å². The van der Waals surface area contributed by atoms with Crippen molar-refractivity contribution >= 4 is 15.9 Å². The Labute approximate surface area is 102 Å². The lowest BCUT2D eigenvalue weighted by atomic mass is 10.2. The van der Waals surface area contributed by atoms with Gasteiger partial charge in [-0.3, -0.25) is 0 Å². The van der Waals surface area contributed by atoms with Crippen molar-refractivity contribution in [3.63, 3.8) is 0 Å². The van der Waals surface area contributed by atoms with Gasteiger partial charge in [0, 0.05) is 22.8 Å². The van der Waals surface area contributed by atoms with Gasteiger partial charge in [0.15, 0.2) is 5.82 Å². The van der Waals surface area contributed by atoms with Crippen LogP contribution in [0.2, 0.25) is 0 Å². The zero-order chi connectivity index (χ0) is 11.4. The molecule has 6 heteroatoms. The number of nitrogens with one attached hydrogen (secondary N) is 1. The molecule has 0 radical (unpaired) electrons. The first-order valence-electron chi connectivity index (χ1n) is 5.01. The lowest BCUT2D eigenvalue weighted by Crippen LogP contribution is -2.15. The van der Waals surface area contributed by atoms with Crippen LogP contribution in [0, 0.1) is 0 Å². The number of halogens is 1. The van der Waals surface area contributed by atoms with Crippen LogP contribution in [0.3, 0.4) is 0 Å². The zero-order valence-electron chi connectivity index (χ0n) is 8.89. The van der Waals surface area contributed by atoms with Crippen LogP contribution >= 0.6 is 15.9 Å². The molecule has 0 saturated carbocycles. The Kier molecular flexibility index (Phi) is 3.63. The van der Waals surface area contributed by atoms with E-state index in [0.29, 0.717) is 0 Å². The minimum Gasteiger partial charge on any atom is -0.313 e. The molecule has 0 aromatic carbocycles. The van der Waals surface area contributed by atoms with Gasteiger partial charge in [-0.15, -0.1) is 0 Å². The average molecular weight is 282 g/mol. The Morgan fingerprint density at radius 3 is 3.06 bits per heavy atom. The fraction of sp³-hybridized carbons (Fsp3) is 0.300. The highest BCUT2D eigenvalue weighted by atomic mass is 79.9. The van der Waals surface area contributed by atoms with E-state index in [2.05, 4.69) is 43.2 Å². The topological polar surface area (TPSA) is 55.6 Å². The molecule has 0 aliphatic heterocycles. The summed E-state index contributed by atoms with van der Waals surface area (Å²) in [6.45, 7) is 3.75. The molecule has 2 heterocycles. The second kappa shape index (κ2) is 5.18. The molecule has 84 valence electrons. The smallest absolute Gasteiger partial charge is 0.159 e. The third-order valence-corrected chi connectivity index (χ3v) is 2.54. The van der Waals surface area contributed by atoms with E-state index in [1.807, 2.05) is 6.07 Å². The van der Waals surface area contributed by atoms with Crippen LogP contribution in [0.25, 0.3) is 5.82 Å². The van der Waals surface area contributed by atoms with Crippen LogP contribution in [0.1, 0.15) is 12.5 Å². The molecule has 2 aromatic rings. The lowest BCUT2D eigenvalue weighted by Gasteiger charge is -2.08. The van der Waals surface area contributed by atoms with Gasteiger partial charge in [0.1, 0.15) is 12.7 Å². The molecule has 0 bridgehead atoms. The quantitative estimate of drug-likeness (QED) is 0.924. The number of nitrogens with zero attached hydrogens (tertiary/aromatic N) is 4. The monoisotopic (exact) mass is 281 g/mol. The Bertz CT molecular complexity index is 454. The summed E-state index contributed by atoms with van der Waals surface area (Å²) in [6.07, 6.45) is 4.90. The Morgan fingerprint density at radius 2 is 2.38 bits per heavy atom. The van der Waals surface area contributed by atoms with E-state index in [1.54, 1.807) is 17.2 Å². The maximum atomic E-state index is 4.35. The van der Waals surface area contributed by atoms with Crippen molar-refractivity contribution < 1.29 is 0 Å². The number of rotatable bonds is 4. The van der Waals surface area contributed by atoms with E-state index in [1.165, 1.54) is 6.33 Å². The molecular formula is C10H12BrN5. The third kappa shape index (κ3) is 2.45. The minimum atomic E-state index is 0.762. The van der Waals surface area contributed by atoms with Gasteiger partial charge >= 0.3 is 0 Å². The molecule has 0 saturated heterocycles. The summed E-state index contributed by atoms with van der Waals surface area (Å²) in [5, 5.41) is 7.36.